The van der Waals surface area contributed by atoms with E-state index in [1.54, 1.807) is 0 Å². The highest BCUT2D eigenvalue weighted by Crippen LogP contribution is 2.45. The van der Waals surface area contributed by atoms with Crippen LogP contribution in [0.2, 0.25) is 0 Å². The lowest BCUT2D eigenvalue weighted by atomic mass is 9.66. The number of piperidine rings is 1. The molecule has 2 unspecified atom stereocenters. The summed E-state index contributed by atoms with van der Waals surface area (Å²) >= 11 is 0. The van der Waals surface area contributed by atoms with Gasteiger partial charge in [-0.25, -0.2) is 0 Å². The molecule has 2 rings (SSSR count). The molecule has 0 aromatic heterocycles. The van der Waals surface area contributed by atoms with E-state index in [9.17, 15) is 0 Å². The molecule has 2 N–H and O–H groups in total. The second-order valence-electron chi connectivity index (χ2n) is 7.37. The van der Waals surface area contributed by atoms with Crippen LogP contribution in [0, 0.1) is 5.41 Å². The summed E-state index contributed by atoms with van der Waals surface area (Å²) in [6, 6.07) is 0.788. The number of nitrogens with zero attached hydrogens (tertiary/aromatic N) is 1. The van der Waals surface area contributed by atoms with Gasteiger partial charge in [0.25, 0.3) is 0 Å². The maximum absolute atomic E-state index is 6.27. The fourth-order valence-corrected chi connectivity index (χ4v) is 4.55. The molecule has 0 aromatic carbocycles. The Bertz CT molecular complexity index is 274. The fraction of sp³-hybridized carbons (Fsp3) is 1.00. The number of hydrogen-bond donors (Lipinski definition) is 1. The molecule has 1 aliphatic carbocycles. The average Bonchev–Trinajstić information content (AvgIpc) is 2.37. The van der Waals surface area contributed by atoms with Crippen molar-refractivity contribution in [2.75, 3.05) is 13.1 Å². The van der Waals surface area contributed by atoms with E-state index in [1.165, 1.54) is 57.9 Å². The molecule has 2 fully saturated rings. The highest BCUT2D eigenvalue weighted by Gasteiger charge is 2.45. The van der Waals surface area contributed by atoms with Crippen LogP contribution in [0.1, 0.15) is 72.1 Å². The van der Waals surface area contributed by atoms with Gasteiger partial charge in [0.15, 0.2) is 0 Å². The summed E-state index contributed by atoms with van der Waals surface area (Å²) < 4.78 is 0. The van der Waals surface area contributed by atoms with Crippen LogP contribution in [0.15, 0.2) is 0 Å². The minimum Gasteiger partial charge on any atom is -0.329 e. The van der Waals surface area contributed by atoms with Crippen molar-refractivity contribution in [3.8, 4) is 0 Å². The Morgan fingerprint density at radius 1 is 1.17 bits per heavy atom. The van der Waals surface area contributed by atoms with E-state index in [4.69, 9.17) is 5.73 Å². The first kappa shape index (κ1) is 14.3. The van der Waals surface area contributed by atoms with Gasteiger partial charge < -0.3 is 5.73 Å². The van der Waals surface area contributed by atoms with Crippen molar-refractivity contribution in [2.24, 2.45) is 11.1 Å². The van der Waals surface area contributed by atoms with Gasteiger partial charge in [0.2, 0.25) is 0 Å². The Morgan fingerprint density at radius 2 is 1.94 bits per heavy atom. The first-order valence-corrected chi connectivity index (χ1v) is 8.00. The van der Waals surface area contributed by atoms with E-state index in [2.05, 4.69) is 25.7 Å². The fourth-order valence-electron chi connectivity index (χ4n) is 4.55. The summed E-state index contributed by atoms with van der Waals surface area (Å²) in [5.41, 5.74) is 7.05. The molecular formula is C16H32N2. The zero-order valence-electron chi connectivity index (χ0n) is 12.7. The monoisotopic (exact) mass is 252 g/mol. The molecule has 0 spiro atoms. The van der Waals surface area contributed by atoms with Crippen LogP contribution in [0.3, 0.4) is 0 Å². The number of nitrogens with two attached hydrogens (primary N) is 1. The van der Waals surface area contributed by atoms with E-state index >= 15 is 0 Å². The molecule has 2 nitrogen and oxygen atoms in total. The van der Waals surface area contributed by atoms with Gasteiger partial charge >= 0.3 is 0 Å². The van der Waals surface area contributed by atoms with Crippen molar-refractivity contribution in [1.82, 2.24) is 4.90 Å². The van der Waals surface area contributed by atoms with Crippen molar-refractivity contribution in [3.05, 3.63) is 0 Å². The minimum absolute atomic E-state index is 0.308. The molecule has 2 aliphatic rings. The molecule has 2 atom stereocenters. The zero-order valence-corrected chi connectivity index (χ0v) is 12.7. The summed E-state index contributed by atoms with van der Waals surface area (Å²) in [5, 5.41) is 0. The molecule has 0 aromatic rings. The molecule has 0 bridgehead atoms. The van der Waals surface area contributed by atoms with E-state index in [0.717, 1.165) is 12.6 Å². The van der Waals surface area contributed by atoms with Gasteiger partial charge in [-0.1, -0.05) is 33.6 Å². The Labute approximate surface area is 113 Å². The third-order valence-electron chi connectivity index (χ3n) is 5.39. The number of hydrogen-bond acceptors (Lipinski definition) is 2. The SMILES string of the molecule is CCC1CCCCN1C1(CN)CCCC(C)(C)C1. The van der Waals surface area contributed by atoms with Gasteiger partial charge in [0.05, 0.1) is 0 Å². The second-order valence-corrected chi connectivity index (χ2v) is 7.37. The van der Waals surface area contributed by atoms with Crippen LogP contribution in [-0.2, 0) is 0 Å². The number of likely N-dealkylation sites (tertiary alicyclic amines) is 1. The smallest absolute Gasteiger partial charge is 0.0339 e. The molecule has 106 valence electrons. The van der Waals surface area contributed by atoms with Gasteiger partial charge in [-0.15, -0.1) is 0 Å². The van der Waals surface area contributed by atoms with Crippen LogP contribution >= 0.6 is 0 Å². The third kappa shape index (κ3) is 2.75. The van der Waals surface area contributed by atoms with Crippen LogP contribution in [-0.4, -0.2) is 29.6 Å². The molecule has 2 heteroatoms. The second kappa shape index (κ2) is 5.50. The topological polar surface area (TPSA) is 29.3 Å². The van der Waals surface area contributed by atoms with Crippen LogP contribution in [0.4, 0.5) is 0 Å². The Balaban J connectivity index is 2.19. The lowest BCUT2D eigenvalue weighted by Crippen LogP contribution is -2.62. The molecule has 0 amide bonds. The molecule has 0 radical (unpaired) electrons. The van der Waals surface area contributed by atoms with Crippen LogP contribution < -0.4 is 5.73 Å². The van der Waals surface area contributed by atoms with E-state index < -0.39 is 0 Å². The largest absolute Gasteiger partial charge is 0.329 e. The molecule has 18 heavy (non-hydrogen) atoms. The molecule has 1 heterocycles. The normalized spacial score (nSPS) is 37.7. The third-order valence-corrected chi connectivity index (χ3v) is 5.39. The number of rotatable bonds is 3. The van der Waals surface area contributed by atoms with Crippen molar-refractivity contribution < 1.29 is 0 Å². The minimum atomic E-state index is 0.308. The maximum Gasteiger partial charge on any atom is 0.0339 e. The molecule has 1 aliphatic heterocycles. The summed E-state index contributed by atoms with van der Waals surface area (Å²) in [4.78, 5) is 2.82. The summed E-state index contributed by atoms with van der Waals surface area (Å²) in [7, 11) is 0. The first-order valence-electron chi connectivity index (χ1n) is 8.00. The van der Waals surface area contributed by atoms with Crippen molar-refractivity contribution in [1.29, 1.82) is 0 Å². The lowest BCUT2D eigenvalue weighted by molar-refractivity contribution is -0.0351. The van der Waals surface area contributed by atoms with E-state index in [-0.39, 0.29) is 0 Å². The van der Waals surface area contributed by atoms with Gasteiger partial charge in [0.1, 0.15) is 0 Å². The van der Waals surface area contributed by atoms with Gasteiger partial charge in [-0.2, -0.15) is 0 Å². The summed E-state index contributed by atoms with van der Waals surface area (Å²) in [6.07, 6.45) is 10.8. The Kier molecular flexibility index (Phi) is 4.38. The van der Waals surface area contributed by atoms with E-state index in [1.807, 2.05) is 0 Å². The van der Waals surface area contributed by atoms with Gasteiger partial charge in [-0.05, 0) is 50.5 Å². The highest BCUT2D eigenvalue weighted by atomic mass is 15.2. The van der Waals surface area contributed by atoms with E-state index in [0.29, 0.717) is 11.0 Å². The lowest BCUT2D eigenvalue weighted by Gasteiger charge is -2.55. The summed E-state index contributed by atoms with van der Waals surface area (Å²) in [5.74, 6) is 0. The first-order chi connectivity index (χ1) is 8.53. The predicted octanol–water partition coefficient (Wildman–Crippen LogP) is 3.55. The summed E-state index contributed by atoms with van der Waals surface area (Å²) in [6.45, 7) is 9.35. The van der Waals surface area contributed by atoms with Gasteiger partial charge in [0, 0.05) is 18.1 Å². The quantitative estimate of drug-likeness (QED) is 0.832. The molecular weight excluding hydrogens is 220 g/mol. The average molecular weight is 252 g/mol. The predicted molar refractivity (Wildman–Crippen MR) is 78.7 cm³/mol. The molecule has 1 saturated carbocycles. The van der Waals surface area contributed by atoms with Gasteiger partial charge in [-0.3, -0.25) is 4.90 Å². The molecule has 1 saturated heterocycles. The van der Waals surface area contributed by atoms with Crippen LogP contribution in [0.25, 0.3) is 0 Å². The highest BCUT2D eigenvalue weighted by molar-refractivity contribution is 5.02. The standard InChI is InChI=1S/C16H32N2/c1-4-14-8-5-6-11-18(14)16(13-17)10-7-9-15(2,3)12-16/h14H,4-13,17H2,1-3H3. The van der Waals surface area contributed by atoms with Crippen LogP contribution in [0.5, 0.6) is 0 Å². The Hall–Kier alpha value is -0.0800. The van der Waals surface area contributed by atoms with Crippen molar-refractivity contribution >= 4 is 0 Å². The zero-order chi connectivity index (χ0) is 13.2. The van der Waals surface area contributed by atoms with Crippen molar-refractivity contribution in [2.45, 2.75) is 83.7 Å². The Morgan fingerprint density at radius 3 is 2.56 bits per heavy atom. The maximum atomic E-state index is 6.27. The van der Waals surface area contributed by atoms with Crippen molar-refractivity contribution in [3.63, 3.8) is 0 Å².